The Balaban J connectivity index is 2.60. The first-order chi connectivity index (χ1) is 8.09. The predicted octanol–water partition coefficient (Wildman–Crippen LogP) is 3.29. The van der Waals surface area contributed by atoms with Crippen molar-refractivity contribution in [2.75, 3.05) is 5.73 Å². The summed E-state index contributed by atoms with van der Waals surface area (Å²) in [4.78, 5) is 11.1. The molecule has 4 heteroatoms. The molecule has 2 aromatic carbocycles. The van der Waals surface area contributed by atoms with Crippen molar-refractivity contribution in [2.45, 2.75) is 0 Å². The van der Waals surface area contributed by atoms with Crippen molar-refractivity contribution in [2.24, 2.45) is 0 Å². The minimum Gasteiger partial charge on any atom is -0.478 e. The van der Waals surface area contributed by atoms with Crippen LogP contribution in [-0.2, 0) is 0 Å². The number of anilines is 1. The van der Waals surface area contributed by atoms with E-state index in [1.165, 1.54) is 0 Å². The Kier molecular flexibility index (Phi) is 3.02. The second-order valence-electron chi connectivity index (χ2n) is 3.59. The number of carbonyl (C=O) groups is 1. The normalized spacial score (nSPS) is 10.2. The highest BCUT2D eigenvalue weighted by Crippen LogP contribution is 2.28. The van der Waals surface area contributed by atoms with Gasteiger partial charge < -0.3 is 10.8 Å². The first-order valence-corrected chi connectivity index (χ1v) is 5.35. The summed E-state index contributed by atoms with van der Waals surface area (Å²) in [6.07, 6.45) is 0. The van der Waals surface area contributed by atoms with E-state index in [9.17, 15) is 4.79 Å². The van der Waals surface area contributed by atoms with Crippen molar-refractivity contribution in [3.05, 3.63) is 53.1 Å². The zero-order valence-electron chi connectivity index (χ0n) is 8.85. The van der Waals surface area contributed by atoms with Crippen molar-refractivity contribution in [3.63, 3.8) is 0 Å². The van der Waals surface area contributed by atoms with Gasteiger partial charge in [-0.15, -0.1) is 0 Å². The van der Waals surface area contributed by atoms with Gasteiger partial charge in [-0.25, -0.2) is 4.79 Å². The van der Waals surface area contributed by atoms with Gasteiger partial charge in [0.05, 0.1) is 16.3 Å². The van der Waals surface area contributed by atoms with Crippen LogP contribution in [-0.4, -0.2) is 11.1 Å². The zero-order chi connectivity index (χ0) is 12.4. The minimum absolute atomic E-state index is 0.245. The molecular formula is C13H10ClNO2. The maximum atomic E-state index is 11.1. The molecule has 0 bridgehead atoms. The summed E-state index contributed by atoms with van der Waals surface area (Å²) in [6.45, 7) is 0. The SMILES string of the molecule is Nc1cc(-c2ccccc2C(=O)O)ccc1Cl. The van der Waals surface area contributed by atoms with Crippen LogP contribution in [0.15, 0.2) is 42.5 Å². The van der Waals surface area contributed by atoms with Gasteiger partial charge in [-0.05, 0) is 29.3 Å². The number of benzene rings is 2. The van der Waals surface area contributed by atoms with Crippen LogP contribution < -0.4 is 5.73 Å². The summed E-state index contributed by atoms with van der Waals surface area (Å²) < 4.78 is 0. The quantitative estimate of drug-likeness (QED) is 0.801. The predicted molar refractivity (Wildman–Crippen MR) is 68.3 cm³/mol. The molecule has 0 spiro atoms. The van der Waals surface area contributed by atoms with Crippen LogP contribution >= 0.6 is 11.6 Å². The number of nitrogen functional groups attached to an aromatic ring is 1. The van der Waals surface area contributed by atoms with Crippen LogP contribution in [0.4, 0.5) is 5.69 Å². The largest absolute Gasteiger partial charge is 0.478 e. The molecule has 0 saturated carbocycles. The number of rotatable bonds is 2. The summed E-state index contributed by atoms with van der Waals surface area (Å²) in [5.41, 5.74) is 7.75. The third-order valence-corrected chi connectivity index (χ3v) is 2.81. The highest BCUT2D eigenvalue weighted by molar-refractivity contribution is 6.33. The van der Waals surface area contributed by atoms with Gasteiger partial charge in [-0.1, -0.05) is 35.9 Å². The van der Waals surface area contributed by atoms with Gasteiger partial charge in [0, 0.05) is 0 Å². The standard InChI is InChI=1S/C13H10ClNO2/c14-11-6-5-8(7-12(11)15)9-3-1-2-4-10(9)13(16)17/h1-7H,15H2,(H,16,17). The number of hydrogen-bond donors (Lipinski definition) is 2. The second kappa shape index (κ2) is 4.47. The number of carboxylic acids is 1. The van der Waals surface area contributed by atoms with Crippen LogP contribution in [0.2, 0.25) is 5.02 Å². The highest BCUT2D eigenvalue weighted by atomic mass is 35.5. The average molecular weight is 248 g/mol. The Morgan fingerprint density at radius 1 is 1.18 bits per heavy atom. The molecule has 0 aliphatic rings. The monoisotopic (exact) mass is 247 g/mol. The third kappa shape index (κ3) is 2.24. The molecule has 2 rings (SSSR count). The van der Waals surface area contributed by atoms with Crippen LogP contribution in [0, 0.1) is 0 Å². The topological polar surface area (TPSA) is 63.3 Å². The molecule has 86 valence electrons. The fourth-order valence-corrected chi connectivity index (χ4v) is 1.75. The highest BCUT2D eigenvalue weighted by Gasteiger charge is 2.11. The van der Waals surface area contributed by atoms with E-state index in [1.54, 1.807) is 42.5 Å². The summed E-state index contributed by atoms with van der Waals surface area (Å²) >= 11 is 5.83. The molecule has 0 amide bonds. The Morgan fingerprint density at radius 3 is 2.53 bits per heavy atom. The first kappa shape index (κ1) is 11.5. The van der Waals surface area contributed by atoms with E-state index >= 15 is 0 Å². The lowest BCUT2D eigenvalue weighted by Crippen LogP contribution is -1.99. The van der Waals surface area contributed by atoms with Gasteiger partial charge in [0.25, 0.3) is 0 Å². The number of halogens is 1. The molecule has 0 atom stereocenters. The van der Waals surface area contributed by atoms with E-state index in [1.807, 2.05) is 0 Å². The molecule has 17 heavy (non-hydrogen) atoms. The molecular weight excluding hydrogens is 238 g/mol. The summed E-state index contributed by atoms with van der Waals surface area (Å²) in [6, 6.07) is 11.9. The number of aromatic carboxylic acids is 1. The summed E-state index contributed by atoms with van der Waals surface area (Å²) in [7, 11) is 0. The molecule has 0 radical (unpaired) electrons. The molecule has 3 N–H and O–H groups in total. The Labute approximate surface area is 103 Å². The van der Waals surface area contributed by atoms with Crippen molar-refractivity contribution in [3.8, 4) is 11.1 Å². The third-order valence-electron chi connectivity index (χ3n) is 2.46. The Morgan fingerprint density at radius 2 is 1.88 bits per heavy atom. The Bertz CT molecular complexity index is 581. The van der Waals surface area contributed by atoms with Gasteiger partial charge in [0.2, 0.25) is 0 Å². The van der Waals surface area contributed by atoms with Crippen molar-refractivity contribution < 1.29 is 9.90 Å². The minimum atomic E-state index is -0.964. The molecule has 0 unspecified atom stereocenters. The molecule has 0 aliphatic heterocycles. The fourth-order valence-electron chi connectivity index (χ4n) is 1.63. The lowest BCUT2D eigenvalue weighted by Gasteiger charge is -2.07. The summed E-state index contributed by atoms with van der Waals surface area (Å²) in [5.74, 6) is -0.964. The maximum absolute atomic E-state index is 11.1. The van der Waals surface area contributed by atoms with E-state index in [4.69, 9.17) is 22.4 Å². The zero-order valence-corrected chi connectivity index (χ0v) is 9.61. The number of carboxylic acid groups (broad SMARTS) is 1. The first-order valence-electron chi connectivity index (χ1n) is 4.97. The lowest BCUT2D eigenvalue weighted by molar-refractivity contribution is 0.0697. The molecule has 0 aliphatic carbocycles. The van der Waals surface area contributed by atoms with E-state index < -0.39 is 5.97 Å². The van der Waals surface area contributed by atoms with Crippen LogP contribution in [0.25, 0.3) is 11.1 Å². The van der Waals surface area contributed by atoms with E-state index in [0.29, 0.717) is 16.3 Å². The van der Waals surface area contributed by atoms with Gasteiger partial charge in [0.1, 0.15) is 0 Å². The van der Waals surface area contributed by atoms with Gasteiger partial charge in [0.15, 0.2) is 0 Å². The smallest absolute Gasteiger partial charge is 0.336 e. The summed E-state index contributed by atoms with van der Waals surface area (Å²) in [5, 5.41) is 9.55. The second-order valence-corrected chi connectivity index (χ2v) is 3.99. The van der Waals surface area contributed by atoms with Crippen LogP contribution in [0.5, 0.6) is 0 Å². The van der Waals surface area contributed by atoms with Gasteiger partial charge in [-0.2, -0.15) is 0 Å². The van der Waals surface area contributed by atoms with Crippen molar-refractivity contribution >= 4 is 23.3 Å². The molecule has 0 saturated heterocycles. The number of hydrogen-bond acceptors (Lipinski definition) is 2. The molecule has 3 nitrogen and oxygen atoms in total. The maximum Gasteiger partial charge on any atom is 0.336 e. The van der Waals surface area contributed by atoms with Crippen LogP contribution in [0.3, 0.4) is 0 Å². The van der Waals surface area contributed by atoms with Crippen molar-refractivity contribution in [1.29, 1.82) is 0 Å². The van der Waals surface area contributed by atoms with Crippen molar-refractivity contribution in [1.82, 2.24) is 0 Å². The Hall–Kier alpha value is -2.00. The number of nitrogens with two attached hydrogens (primary N) is 1. The molecule has 0 fully saturated rings. The van der Waals surface area contributed by atoms with E-state index in [0.717, 1.165) is 5.56 Å². The average Bonchev–Trinajstić information content (AvgIpc) is 2.32. The molecule has 0 aromatic heterocycles. The van der Waals surface area contributed by atoms with E-state index in [-0.39, 0.29) is 5.56 Å². The van der Waals surface area contributed by atoms with Gasteiger partial charge >= 0.3 is 5.97 Å². The van der Waals surface area contributed by atoms with Gasteiger partial charge in [-0.3, -0.25) is 0 Å². The van der Waals surface area contributed by atoms with E-state index in [2.05, 4.69) is 0 Å². The molecule has 2 aromatic rings. The lowest BCUT2D eigenvalue weighted by atomic mass is 9.99. The molecule has 0 heterocycles. The fraction of sp³-hybridized carbons (Fsp3) is 0. The van der Waals surface area contributed by atoms with Crippen LogP contribution in [0.1, 0.15) is 10.4 Å².